The molecule has 3 rings (SSSR count). The summed E-state index contributed by atoms with van der Waals surface area (Å²) in [6, 6.07) is 9.09. The minimum Gasteiger partial charge on any atom is -0.372 e. The molecule has 25 heavy (non-hydrogen) atoms. The lowest BCUT2D eigenvalue weighted by molar-refractivity contribution is -0.00539. The minimum absolute atomic E-state index is 0.0267. The molecular formula is C20H22FN3O. The molecule has 4 nitrogen and oxygen atoms in total. The van der Waals surface area contributed by atoms with Gasteiger partial charge in [0.2, 0.25) is 0 Å². The molecule has 130 valence electrons. The highest BCUT2D eigenvalue weighted by Crippen LogP contribution is 2.32. The van der Waals surface area contributed by atoms with Crippen LogP contribution in [0.1, 0.15) is 30.8 Å². The van der Waals surface area contributed by atoms with Gasteiger partial charge in [-0.3, -0.25) is 4.98 Å². The lowest BCUT2D eigenvalue weighted by atomic mass is 9.98. The van der Waals surface area contributed by atoms with Crippen molar-refractivity contribution in [2.75, 3.05) is 18.0 Å². The van der Waals surface area contributed by atoms with E-state index < -0.39 is 0 Å². The van der Waals surface area contributed by atoms with Gasteiger partial charge >= 0.3 is 0 Å². The van der Waals surface area contributed by atoms with Crippen molar-refractivity contribution < 1.29 is 9.13 Å². The van der Waals surface area contributed by atoms with E-state index in [1.165, 1.54) is 6.07 Å². The zero-order valence-corrected chi connectivity index (χ0v) is 15.0. The molecule has 0 spiro atoms. The van der Waals surface area contributed by atoms with Crippen LogP contribution in [-0.2, 0) is 4.74 Å². The first kappa shape index (κ1) is 17.4. The van der Waals surface area contributed by atoms with E-state index in [1.54, 1.807) is 6.07 Å². The van der Waals surface area contributed by atoms with Crippen molar-refractivity contribution >= 4 is 5.69 Å². The minimum atomic E-state index is -0.317. The Bertz CT molecular complexity index is 813. The van der Waals surface area contributed by atoms with E-state index in [-0.39, 0.29) is 18.0 Å². The summed E-state index contributed by atoms with van der Waals surface area (Å²) in [6.07, 6.45) is 0.0534. The first-order valence-corrected chi connectivity index (χ1v) is 8.47. The zero-order chi connectivity index (χ0) is 18.1. The van der Waals surface area contributed by atoms with Gasteiger partial charge in [-0.1, -0.05) is 0 Å². The van der Waals surface area contributed by atoms with Crippen molar-refractivity contribution in [1.82, 2.24) is 4.98 Å². The van der Waals surface area contributed by atoms with Crippen molar-refractivity contribution in [3.63, 3.8) is 0 Å². The predicted molar refractivity (Wildman–Crippen MR) is 96.0 cm³/mol. The molecule has 1 fully saturated rings. The lowest BCUT2D eigenvalue weighted by Gasteiger charge is -2.37. The van der Waals surface area contributed by atoms with E-state index >= 15 is 0 Å². The standard InChI is InChI=1S/C20H22FN3O/c1-12-5-16(6-13(2)23-12)18-8-19(21)20(7-17(18)9-22)24-10-14(3)25-15(4)11-24/h5-8,14-15H,10-11H2,1-4H3. The Hall–Kier alpha value is -2.45. The van der Waals surface area contributed by atoms with Gasteiger partial charge in [-0.15, -0.1) is 0 Å². The molecule has 1 saturated heterocycles. The third-order valence-electron chi connectivity index (χ3n) is 4.36. The van der Waals surface area contributed by atoms with Crippen LogP contribution in [0, 0.1) is 31.0 Å². The molecule has 1 aliphatic heterocycles. The number of aromatic nitrogens is 1. The summed E-state index contributed by atoms with van der Waals surface area (Å²) < 4.78 is 20.6. The molecule has 0 bridgehead atoms. The average Bonchev–Trinajstić information content (AvgIpc) is 2.52. The highest BCUT2D eigenvalue weighted by molar-refractivity contribution is 5.74. The Balaban J connectivity index is 2.06. The maximum absolute atomic E-state index is 14.9. The van der Waals surface area contributed by atoms with Gasteiger partial charge < -0.3 is 9.64 Å². The predicted octanol–water partition coefficient (Wildman–Crippen LogP) is 3.99. The summed E-state index contributed by atoms with van der Waals surface area (Å²) >= 11 is 0. The van der Waals surface area contributed by atoms with Crippen LogP contribution in [0.2, 0.25) is 0 Å². The second-order valence-electron chi connectivity index (χ2n) is 6.76. The maximum atomic E-state index is 14.9. The van der Waals surface area contributed by atoms with Gasteiger partial charge in [0.05, 0.1) is 29.5 Å². The number of aryl methyl sites for hydroxylation is 2. The molecule has 5 heteroatoms. The van der Waals surface area contributed by atoms with Crippen molar-refractivity contribution in [2.45, 2.75) is 39.9 Å². The molecule has 1 aromatic heterocycles. The Kier molecular flexibility index (Phi) is 4.73. The van der Waals surface area contributed by atoms with E-state index in [0.29, 0.717) is 29.9 Å². The third kappa shape index (κ3) is 3.64. The maximum Gasteiger partial charge on any atom is 0.147 e. The van der Waals surface area contributed by atoms with Crippen LogP contribution in [0.5, 0.6) is 0 Å². The van der Waals surface area contributed by atoms with Gasteiger partial charge in [0, 0.05) is 30.0 Å². The van der Waals surface area contributed by atoms with Gasteiger partial charge in [-0.25, -0.2) is 4.39 Å². The summed E-state index contributed by atoms with van der Waals surface area (Å²) in [5.41, 5.74) is 4.04. The molecule has 0 amide bonds. The van der Waals surface area contributed by atoms with E-state index in [0.717, 1.165) is 17.0 Å². The SMILES string of the molecule is Cc1cc(-c2cc(F)c(N3CC(C)OC(C)C3)cc2C#N)cc(C)n1. The van der Waals surface area contributed by atoms with Crippen LogP contribution in [0.15, 0.2) is 24.3 Å². The number of nitriles is 1. The molecule has 2 unspecified atom stereocenters. The molecule has 0 radical (unpaired) electrons. The number of rotatable bonds is 2. The zero-order valence-electron chi connectivity index (χ0n) is 15.0. The summed E-state index contributed by atoms with van der Waals surface area (Å²) in [7, 11) is 0. The van der Waals surface area contributed by atoms with Crippen LogP contribution >= 0.6 is 0 Å². The molecule has 2 atom stereocenters. The van der Waals surface area contributed by atoms with Gasteiger partial charge in [0.25, 0.3) is 0 Å². The normalized spacial score (nSPS) is 20.4. The number of ether oxygens (including phenoxy) is 1. The number of benzene rings is 1. The molecule has 2 heterocycles. The Labute approximate surface area is 147 Å². The fourth-order valence-electron chi connectivity index (χ4n) is 3.50. The number of anilines is 1. The number of pyridine rings is 1. The molecular weight excluding hydrogens is 317 g/mol. The van der Waals surface area contributed by atoms with E-state index in [9.17, 15) is 9.65 Å². The Morgan fingerprint density at radius 1 is 1.12 bits per heavy atom. The molecule has 1 aliphatic rings. The fraction of sp³-hybridized carbons (Fsp3) is 0.400. The van der Waals surface area contributed by atoms with E-state index in [4.69, 9.17) is 4.74 Å². The van der Waals surface area contributed by atoms with Crippen molar-refractivity contribution in [3.8, 4) is 17.2 Å². The van der Waals surface area contributed by atoms with Crippen LogP contribution in [0.3, 0.4) is 0 Å². The number of hydrogen-bond acceptors (Lipinski definition) is 4. The van der Waals surface area contributed by atoms with Crippen molar-refractivity contribution in [2.24, 2.45) is 0 Å². The lowest BCUT2D eigenvalue weighted by Crippen LogP contribution is -2.45. The first-order valence-electron chi connectivity index (χ1n) is 8.47. The Morgan fingerprint density at radius 3 is 2.28 bits per heavy atom. The Morgan fingerprint density at radius 2 is 1.72 bits per heavy atom. The van der Waals surface area contributed by atoms with Crippen LogP contribution in [0.4, 0.5) is 10.1 Å². The first-order chi connectivity index (χ1) is 11.9. The van der Waals surface area contributed by atoms with E-state index in [1.807, 2.05) is 44.7 Å². The highest BCUT2D eigenvalue weighted by atomic mass is 19.1. The van der Waals surface area contributed by atoms with E-state index in [2.05, 4.69) is 11.1 Å². The smallest absolute Gasteiger partial charge is 0.147 e. The molecule has 1 aromatic carbocycles. The number of hydrogen-bond donors (Lipinski definition) is 0. The van der Waals surface area contributed by atoms with Crippen molar-refractivity contribution in [3.05, 3.63) is 47.0 Å². The highest BCUT2D eigenvalue weighted by Gasteiger charge is 2.25. The quantitative estimate of drug-likeness (QED) is 0.830. The third-order valence-corrected chi connectivity index (χ3v) is 4.36. The summed E-state index contributed by atoms with van der Waals surface area (Å²) in [5, 5.41) is 9.60. The second-order valence-corrected chi connectivity index (χ2v) is 6.76. The summed E-state index contributed by atoms with van der Waals surface area (Å²) in [4.78, 5) is 6.31. The number of nitrogens with zero attached hydrogens (tertiary/aromatic N) is 3. The average molecular weight is 339 g/mol. The van der Waals surface area contributed by atoms with Crippen LogP contribution in [0.25, 0.3) is 11.1 Å². The molecule has 2 aromatic rings. The molecule has 0 aliphatic carbocycles. The monoisotopic (exact) mass is 339 g/mol. The fourth-order valence-corrected chi connectivity index (χ4v) is 3.50. The second kappa shape index (κ2) is 6.81. The summed E-state index contributed by atoms with van der Waals surface area (Å²) in [6.45, 7) is 8.96. The van der Waals surface area contributed by atoms with Gasteiger partial charge in [0.15, 0.2) is 0 Å². The number of halogens is 1. The molecule has 0 N–H and O–H groups in total. The van der Waals surface area contributed by atoms with Crippen LogP contribution in [-0.4, -0.2) is 30.3 Å². The summed E-state index contributed by atoms with van der Waals surface area (Å²) in [5.74, 6) is -0.317. The molecule has 0 saturated carbocycles. The van der Waals surface area contributed by atoms with Crippen molar-refractivity contribution in [1.29, 1.82) is 5.26 Å². The topological polar surface area (TPSA) is 49.1 Å². The van der Waals surface area contributed by atoms with Gasteiger partial charge in [0.1, 0.15) is 5.82 Å². The van der Waals surface area contributed by atoms with Crippen LogP contribution < -0.4 is 4.90 Å². The largest absolute Gasteiger partial charge is 0.372 e. The van der Waals surface area contributed by atoms with Gasteiger partial charge in [-0.05, 0) is 57.5 Å². The van der Waals surface area contributed by atoms with Gasteiger partial charge in [-0.2, -0.15) is 5.26 Å². The number of morpholine rings is 1.